The van der Waals surface area contributed by atoms with Crippen molar-refractivity contribution < 1.29 is 13.5 Å². The molecule has 1 heterocycles. The van der Waals surface area contributed by atoms with Gasteiger partial charge in [0.1, 0.15) is 5.82 Å². The van der Waals surface area contributed by atoms with E-state index >= 15 is 0 Å². The van der Waals surface area contributed by atoms with Crippen LogP contribution in [0.5, 0.6) is 0 Å². The van der Waals surface area contributed by atoms with Crippen LogP contribution >= 0.6 is 11.8 Å². The van der Waals surface area contributed by atoms with E-state index in [-0.39, 0.29) is 5.82 Å². The Balaban J connectivity index is 1.89. The molecule has 2 rings (SSSR count). The Hall–Kier alpha value is -1.40. The van der Waals surface area contributed by atoms with Gasteiger partial charge in [0.15, 0.2) is 0 Å². The van der Waals surface area contributed by atoms with Crippen molar-refractivity contribution in [1.82, 2.24) is 10.2 Å². The van der Waals surface area contributed by atoms with Crippen LogP contribution < -0.4 is 0 Å². The first kappa shape index (κ1) is 14.0. The molecule has 0 fully saturated rings. The highest BCUT2D eigenvalue weighted by atomic mass is 32.2. The van der Waals surface area contributed by atoms with Gasteiger partial charge in [0.25, 0.3) is 5.22 Å². The monoisotopic (exact) mass is 282 g/mol. The zero-order valence-corrected chi connectivity index (χ0v) is 11.5. The zero-order chi connectivity index (χ0) is 13.5. The molecule has 2 aromatic rings. The molecule has 0 aliphatic heterocycles. The van der Waals surface area contributed by atoms with Crippen molar-refractivity contribution >= 4 is 11.8 Å². The van der Waals surface area contributed by atoms with Crippen molar-refractivity contribution in [1.29, 1.82) is 0 Å². The number of hydrogen-bond donors (Lipinski definition) is 0. The number of hydrogen-bond acceptors (Lipinski definition) is 5. The van der Waals surface area contributed by atoms with Crippen molar-refractivity contribution in [2.45, 2.75) is 18.6 Å². The third-order valence-corrected chi connectivity index (χ3v) is 3.19. The number of aromatic nitrogens is 2. The van der Waals surface area contributed by atoms with Crippen molar-refractivity contribution in [2.75, 3.05) is 19.0 Å². The lowest BCUT2D eigenvalue weighted by Gasteiger charge is -1.98. The van der Waals surface area contributed by atoms with Crippen LogP contribution in [-0.4, -0.2) is 29.2 Å². The van der Waals surface area contributed by atoms with Gasteiger partial charge < -0.3 is 9.15 Å². The maximum absolute atomic E-state index is 13.5. The fourth-order valence-electron chi connectivity index (χ4n) is 1.50. The van der Waals surface area contributed by atoms with Crippen LogP contribution in [0, 0.1) is 5.82 Å². The smallest absolute Gasteiger partial charge is 0.276 e. The van der Waals surface area contributed by atoms with Crippen molar-refractivity contribution in [3.63, 3.8) is 0 Å². The van der Waals surface area contributed by atoms with Crippen molar-refractivity contribution in [2.24, 2.45) is 0 Å². The van der Waals surface area contributed by atoms with Crippen molar-refractivity contribution in [3.05, 3.63) is 41.5 Å². The van der Waals surface area contributed by atoms with E-state index in [1.54, 1.807) is 18.2 Å². The lowest BCUT2D eigenvalue weighted by atomic mass is 10.1. The van der Waals surface area contributed by atoms with Crippen LogP contribution in [0.2, 0.25) is 0 Å². The number of thioether (sulfide) groups is 1. The average molecular weight is 282 g/mol. The normalized spacial score (nSPS) is 10.8. The van der Waals surface area contributed by atoms with Crippen LogP contribution in [0.1, 0.15) is 18.4 Å². The molecule has 0 aliphatic carbocycles. The first-order chi connectivity index (χ1) is 9.29. The van der Waals surface area contributed by atoms with Gasteiger partial charge in [0.05, 0.1) is 13.0 Å². The minimum absolute atomic E-state index is 0.258. The minimum Gasteiger partial charge on any atom is -0.416 e. The summed E-state index contributed by atoms with van der Waals surface area (Å²) < 4.78 is 24.1. The van der Waals surface area contributed by atoms with Crippen LogP contribution in [-0.2, 0) is 11.2 Å². The molecule has 0 bridgehead atoms. The summed E-state index contributed by atoms with van der Waals surface area (Å²) in [5, 5.41) is 8.31. The SMILES string of the molecule is CCOCCSc1nnc(Cc2ccccc2F)o1. The third-order valence-electron chi connectivity index (χ3n) is 2.41. The van der Waals surface area contributed by atoms with E-state index in [2.05, 4.69) is 10.2 Å². The number of benzene rings is 1. The summed E-state index contributed by atoms with van der Waals surface area (Å²) in [5.74, 6) is 0.921. The Morgan fingerprint density at radius 3 is 2.95 bits per heavy atom. The highest BCUT2D eigenvalue weighted by Gasteiger charge is 2.09. The van der Waals surface area contributed by atoms with Gasteiger partial charge in [0.2, 0.25) is 5.89 Å². The summed E-state index contributed by atoms with van der Waals surface area (Å²) in [5.41, 5.74) is 0.553. The molecule has 1 aromatic carbocycles. The van der Waals surface area contributed by atoms with E-state index in [1.807, 2.05) is 6.92 Å². The molecule has 0 saturated heterocycles. The lowest BCUT2D eigenvalue weighted by Crippen LogP contribution is -1.95. The summed E-state index contributed by atoms with van der Waals surface area (Å²) in [4.78, 5) is 0. The molecule has 0 N–H and O–H groups in total. The van der Waals surface area contributed by atoms with Crippen molar-refractivity contribution in [3.8, 4) is 0 Å². The maximum atomic E-state index is 13.5. The second kappa shape index (κ2) is 7.25. The molecular formula is C13H15FN2O2S. The largest absolute Gasteiger partial charge is 0.416 e. The molecule has 0 amide bonds. The predicted octanol–water partition coefficient (Wildman–Crippen LogP) is 2.93. The molecule has 0 aliphatic rings. The van der Waals surface area contributed by atoms with Gasteiger partial charge in [-0.2, -0.15) is 0 Å². The molecule has 0 radical (unpaired) electrons. The third kappa shape index (κ3) is 4.33. The number of rotatable bonds is 7. The van der Waals surface area contributed by atoms with Crippen LogP contribution in [0.25, 0.3) is 0 Å². The molecule has 0 atom stereocenters. The van der Waals surface area contributed by atoms with E-state index in [0.717, 1.165) is 5.75 Å². The molecule has 6 heteroatoms. The second-order valence-electron chi connectivity index (χ2n) is 3.78. The summed E-state index contributed by atoms with van der Waals surface area (Å²) in [7, 11) is 0. The molecule has 0 spiro atoms. The Morgan fingerprint density at radius 1 is 1.32 bits per heavy atom. The zero-order valence-electron chi connectivity index (χ0n) is 10.6. The summed E-state index contributed by atoms with van der Waals surface area (Å²) in [6.07, 6.45) is 0.311. The Labute approximate surface area is 115 Å². The maximum Gasteiger partial charge on any atom is 0.276 e. The van der Waals surface area contributed by atoms with E-state index in [4.69, 9.17) is 9.15 Å². The second-order valence-corrected chi connectivity index (χ2v) is 4.82. The first-order valence-corrected chi connectivity index (χ1v) is 7.04. The Kier molecular flexibility index (Phi) is 5.35. The molecular weight excluding hydrogens is 267 g/mol. The fraction of sp³-hybridized carbons (Fsp3) is 0.385. The lowest BCUT2D eigenvalue weighted by molar-refractivity contribution is 0.164. The van der Waals surface area contributed by atoms with Gasteiger partial charge >= 0.3 is 0 Å². The highest BCUT2D eigenvalue weighted by molar-refractivity contribution is 7.99. The van der Waals surface area contributed by atoms with Crippen LogP contribution in [0.4, 0.5) is 4.39 Å². The van der Waals surface area contributed by atoms with Gasteiger partial charge in [-0.1, -0.05) is 30.0 Å². The number of halogens is 1. The highest BCUT2D eigenvalue weighted by Crippen LogP contribution is 2.18. The van der Waals surface area contributed by atoms with Gasteiger partial charge in [-0.25, -0.2) is 4.39 Å². The fourth-order valence-corrected chi connectivity index (χ4v) is 2.13. The molecule has 19 heavy (non-hydrogen) atoms. The molecule has 0 unspecified atom stereocenters. The van der Waals surface area contributed by atoms with E-state index in [9.17, 15) is 4.39 Å². The average Bonchev–Trinajstić information content (AvgIpc) is 2.85. The summed E-state index contributed by atoms with van der Waals surface area (Å²) in [6, 6.07) is 6.57. The quantitative estimate of drug-likeness (QED) is 0.577. The number of nitrogens with zero attached hydrogens (tertiary/aromatic N) is 2. The van der Waals surface area contributed by atoms with E-state index in [0.29, 0.717) is 36.3 Å². The van der Waals surface area contributed by atoms with Gasteiger partial charge in [-0.15, -0.1) is 10.2 Å². The molecule has 1 aromatic heterocycles. The molecule has 102 valence electrons. The Morgan fingerprint density at radius 2 is 2.16 bits per heavy atom. The van der Waals surface area contributed by atoms with Crippen LogP contribution in [0.3, 0.4) is 0 Å². The molecule has 0 saturated carbocycles. The first-order valence-electron chi connectivity index (χ1n) is 6.06. The van der Waals surface area contributed by atoms with E-state index < -0.39 is 0 Å². The van der Waals surface area contributed by atoms with Crippen LogP contribution in [0.15, 0.2) is 33.9 Å². The van der Waals surface area contributed by atoms with Gasteiger partial charge in [-0.3, -0.25) is 0 Å². The number of ether oxygens (including phenoxy) is 1. The van der Waals surface area contributed by atoms with Gasteiger partial charge in [-0.05, 0) is 18.6 Å². The summed E-state index contributed by atoms with van der Waals surface area (Å²) in [6.45, 7) is 3.29. The Bertz CT molecular complexity index is 519. The van der Waals surface area contributed by atoms with Gasteiger partial charge in [0, 0.05) is 12.4 Å². The minimum atomic E-state index is -0.258. The standard InChI is InChI=1S/C13H15FN2O2S/c1-2-17-7-8-19-13-16-15-12(18-13)9-10-5-3-4-6-11(10)14/h3-6H,2,7-9H2,1H3. The molecule has 4 nitrogen and oxygen atoms in total. The summed E-state index contributed by atoms with van der Waals surface area (Å²) >= 11 is 1.44. The predicted molar refractivity (Wildman–Crippen MR) is 70.7 cm³/mol. The topological polar surface area (TPSA) is 48.2 Å². The van der Waals surface area contributed by atoms with E-state index in [1.165, 1.54) is 17.8 Å².